The Morgan fingerprint density at radius 3 is 2.53 bits per heavy atom. The number of anilines is 1. The molecule has 5 nitrogen and oxygen atoms in total. The molecule has 1 aromatic heterocycles. The SMILES string of the molecule is CCOc1ccc(/C(O)=C2/C(=O)C(=O)N(c3ccc(Cl)cc3C)C2c2cccs2)cc1C. The fourth-order valence-corrected chi connectivity index (χ4v) is 5.01. The molecule has 7 heteroatoms. The number of halogens is 1. The first-order valence-electron chi connectivity index (χ1n) is 10.2. The summed E-state index contributed by atoms with van der Waals surface area (Å²) >= 11 is 7.53. The molecule has 2 aromatic carbocycles. The molecular formula is C25H22ClNO4S. The van der Waals surface area contributed by atoms with Crippen LogP contribution in [0.5, 0.6) is 5.75 Å². The van der Waals surface area contributed by atoms with Crippen LogP contribution < -0.4 is 9.64 Å². The third kappa shape index (κ3) is 3.80. The molecular weight excluding hydrogens is 446 g/mol. The van der Waals surface area contributed by atoms with E-state index in [0.29, 0.717) is 28.6 Å². The van der Waals surface area contributed by atoms with Crippen LogP contribution in [0.2, 0.25) is 5.02 Å². The fraction of sp³-hybridized carbons (Fsp3) is 0.200. The van der Waals surface area contributed by atoms with Crippen molar-refractivity contribution in [2.45, 2.75) is 26.8 Å². The van der Waals surface area contributed by atoms with Crippen molar-refractivity contribution in [2.75, 3.05) is 11.5 Å². The lowest BCUT2D eigenvalue weighted by Crippen LogP contribution is -2.29. The van der Waals surface area contributed by atoms with E-state index in [0.717, 1.165) is 16.0 Å². The highest BCUT2D eigenvalue weighted by atomic mass is 35.5. The average Bonchev–Trinajstić information content (AvgIpc) is 3.37. The minimum Gasteiger partial charge on any atom is -0.507 e. The predicted octanol–water partition coefficient (Wildman–Crippen LogP) is 6.04. The van der Waals surface area contributed by atoms with Crippen molar-refractivity contribution in [3.63, 3.8) is 0 Å². The molecule has 1 aliphatic heterocycles. The number of ether oxygens (including phenoxy) is 1. The molecule has 1 N–H and O–H groups in total. The third-order valence-corrected chi connectivity index (χ3v) is 6.58. The molecule has 1 amide bonds. The second-order valence-electron chi connectivity index (χ2n) is 7.53. The van der Waals surface area contributed by atoms with Crippen molar-refractivity contribution in [3.05, 3.63) is 86.1 Å². The Bertz CT molecular complexity index is 1230. The first-order chi connectivity index (χ1) is 15.3. The number of aliphatic hydroxyl groups is 1. The largest absolute Gasteiger partial charge is 0.507 e. The molecule has 1 aliphatic rings. The zero-order valence-electron chi connectivity index (χ0n) is 17.9. The van der Waals surface area contributed by atoms with Gasteiger partial charge in [0, 0.05) is 21.2 Å². The lowest BCUT2D eigenvalue weighted by atomic mass is 9.98. The van der Waals surface area contributed by atoms with Gasteiger partial charge in [0.25, 0.3) is 11.7 Å². The summed E-state index contributed by atoms with van der Waals surface area (Å²) in [6.07, 6.45) is 0. The Morgan fingerprint density at radius 2 is 1.91 bits per heavy atom. The number of aliphatic hydroxyl groups excluding tert-OH is 1. The molecule has 2 heterocycles. The summed E-state index contributed by atoms with van der Waals surface area (Å²) in [6.45, 7) is 6.13. The summed E-state index contributed by atoms with van der Waals surface area (Å²) in [7, 11) is 0. The highest BCUT2D eigenvalue weighted by Gasteiger charge is 2.47. The number of amides is 1. The van der Waals surface area contributed by atoms with Gasteiger partial charge in [-0.05, 0) is 79.7 Å². The number of hydrogen-bond donors (Lipinski definition) is 1. The standard InChI is InChI=1S/C25H22ClNO4S/c1-4-31-19-10-7-16(12-15(19)3)23(28)21-22(20-6-5-11-32-20)27(25(30)24(21)29)18-9-8-17(26)13-14(18)2/h5-13,22,28H,4H2,1-3H3/b23-21-. The van der Waals surface area contributed by atoms with E-state index >= 15 is 0 Å². The normalized spacial score (nSPS) is 17.8. The summed E-state index contributed by atoms with van der Waals surface area (Å²) < 4.78 is 5.58. The number of ketones is 1. The molecule has 0 aliphatic carbocycles. The van der Waals surface area contributed by atoms with Gasteiger partial charge in [-0.15, -0.1) is 11.3 Å². The lowest BCUT2D eigenvalue weighted by Gasteiger charge is -2.25. The Labute approximate surface area is 195 Å². The van der Waals surface area contributed by atoms with E-state index in [4.69, 9.17) is 16.3 Å². The number of aryl methyl sites for hydroxylation is 2. The number of carbonyl (C=O) groups is 2. The number of carbonyl (C=O) groups excluding carboxylic acids is 2. The van der Waals surface area contributed by atoms with Crippen LogP contribution in [-0.4, -0.2) is 23.4 Å². The molecule has 0 radical (unpaired) electrons. The smallest absolute Gasteiger partial charge is 0.300 e. The molecule has 0 spiro atoms. The molecule has 0 saturated carbocycles. The van der Waals surface area contributed by atoms with E-state index in [1.54, 1.807) is 36.4 Å². The van der Waals surface area contributed by atoms with Gasteiger partial charge in [0.1, 0.15) is 17.6 Å². The summed E-state index contributed by atoms with van der Waals surface area (Å²) in [5.41, 5.74) is 2.69. The summed E-state index contributed by atoms with van der Waals surface area (Å²) in [6, 6.07) is 13.3. The van der Waals surface area contributed by atoms with Crippen LogP contribution in [0.3, 0.4) is 0 Å². The second kappa shape index (κ2) is 8.81. The van der Waals surface area contributed by atoms with Gasteiger partial charge in [-0.2, -0.15) is 0 Å². The van der Waals surface area contributed by atoms with Gasteiger partial charge in [-0.25, -0.2) is 0 Å². The van der Waals surface area contributed by atoms with Crippen LogP contribution in [0.1, 0.15) is 34.5 Å². The molecule has 32 heavy (non-hydrogen) atoms. The molecule has 1 fully saturated rings. The van der Waals surface area contributed by atoms with Crippen molar-refractivity contribution in [1.82, 2.24) is 0 Å². The van der Waals surface area contributed by atoms with Crippen molar-refractivity contribution >= 4 is 46.1 Å². The van der Waals surface area contributed by atoms with Crippen LogP contribution in [-0.2, 0) is 9.59 Å². The van der Waals surface area contributed by atoms with Gasteiger partial charge in [0.05, 0.1) is 12.2 Å². The van der Waals surface area contributed by atoms with Crippen LogP contribution in [0, 0.1) is 13.8 Å². The van der Waals surface area contributed by atoms with Gasteiger partial charge >= 0.3 is 0 Å². The Balaban J connectivity index is 1.90. The van der Waals surface area contributed by atoms with Gasteiger partial charge in [-0.3, -0.25) is 14.5 Å². The Kier molecular flexibility index (Phi) is 6.09. The molecule has 1 atom stereocenters. The van der Waals surface area contributed by atoms with E-state index in [-0.39, 0.29) is 11.3 Å². The number of benzene rings is 2. The molecule has 3 aromatic rings. The third-order valence-electron chi connectivity index (χ3n) is 5.42. The highest BCUT2D eigenvalue weighted by Crippen LogP contribution is 2.44. The van der Waals surface area contributed by atoms with E-state index in [1.165, 1.54) is 16.2 Å². The summed E-state index contributed by atoms with van der Waals surface area (Å²) in [5, 5.41) is 13.6. The topological polar surface area (TPSA) is 66.8 Å². The minimum atomic E-state index is -0.734. The molecule has 1 saturated heterocycles. The van der Waals surface area contributed by atoms with Crippen molar-refractivity contribution in [2.24, 2.45) is 0 Å². The second-order valence-corrected chi connectivity index (χ2v) is 8.94. The molecule has 1 unspecified atom stereocenters. The zero-order valence-corrected chi connectivity index (χ0v) is 19.5. The number of nitrogens with zero attached hydrogens (tertiary/aromatic N) is 1. The molecule has 0 bridgehead atoms. The molecule has 4 rings (SSSR count). The van der Waals surface area contributed by atoms with E-state index in [9.17, 15) is 14.7 Å². The predicted molar refractivity (Wildman–Crippen MR) is 128 cm³/mol. The zero-order chi connectivity index (χ0) is 23.0. The Hall–Kier alpha value is -3.09. The highest BCUT2D eigenvalue weighted by molar-refractivity contribution is 7.10. The van der Waals surface area contributed by atoms with Crippen LogP contribution >= 0.6 is 22.9 Å². The maximum atomic E-state index is 13.2. The van der Waals surface area contributed by atoms with Crippen LogP contribution in [0.15, 0.2) is 59.5 Å². The number of rotatable bonds is 5. The van der Waals surface area contributed by atoms with Gasteiger partial charge in [0.2, 0.25) is 0 Å². The van der Waals surface area contributed by atoms with Gasteiger partial charge in [-0.1, -0.05) is 17.7 Å². The van der Waals surface area contributed by atoms with Gasteiger partial charge in [0.15, 0.2) is 0 Å². The fourth-order valence-electron chi connectivity index (χ4n) is 3.96. The first-order valence-corrected chi connectivity index (χ1v) is 11.4. The Morgan fingerprint density at radius 1 is 1.12 bits per heavy atom. The van der Waals surface area contributed by atoms with Crippen molar-refractivity contribution in [3.8, 4) is 5.75 Å². The lowest BCUT2D eigenvalue weighted by molar-refractivity contribution is -0.132. The number of thiophene rings is 1. The molecule has 164 valence electrons. The van der Waals surface area contributed by atoms with E-state index in [1.807, 2.05) is 38.3 Å². The van der Waals surface area contributed by atoms with E-state index in [2.05, 4.69) is 0 Å². The van der Waals surface area contributed by atoms with E-state index < -0.39 is 17.7 Å². The minimum absolute atomic E-state index is 0.0651. The maximum absolute atomic E-state index is 13.2. The van der Waals surface area contributed by atoms with Crippen LogP contribution in [0.25, 0.3) is 5.76 Å². The van der Waals surface area contributed by atoms with Crippen molar-refractivity contribution < 1.29 is 19.4 Å². The number of hydrogen-bond acceptors (Lipinski definition) is 5. The maximum Gasteiger partial charge on any atom is 0.300 e. The van der Waals surface area contributed by atoms with Crippen LogP contribution in [0.4, 0.5) is 5.69 Å². The average molecular weight is 468 g/mol. The monoisotopic (exact) mass is 467 g/mol. The number of Topliss-reactive ketones (excluding diaryl/α,β-unsaturated/α-hetero) is 1. The summed E-state index contributed by atoms with van der Waals surface area (Å²) in [4.78, 5) is 28.6. The van der Waals surface area contributed by atoms with Crippen molar-refractivity contribution in [1.29, 1.82) is 0 Å². The first kappa shape index (κ1) is 22.1. The quantitative estimate of drug-likeness (QED) is 0.282. The van der Waals surface area contributed by atoms with Gasteiger partial charge < -0.3 is 9.84 Å². The summed E-state index contributed by atoms with van der Waals surface area (Å²) in [5.74, 6) is -0.905.